The van der Waals surface area contributed by atoms with E-state index in [-0.39, 0.29) is 39.3 Å². The Morgan fingerprint density at radius 3 is 2.41 bits per heavy atom. The van der Waals surface area contributed by atoms with Gasteiger partial charge in [0, 0.05) is 6.54 Å². The maximum atomic E-state index is 12.8. The van der Waals surface area contributed by atoms with E-state index in [0.717, 1.165) is 22.6 Å². The Morgan fingerprint density at radius 2 is 1.81 bits per heavy atom. The zero-order valence-corrected chi connectivity index (χ0v) is 23.3. The summed E-state index contributed by atoms with van der Waals surface area (Å²) in [5.74, 6) is -0.307. The fourth-order valence-electron chi connectivity index (χ4n) is 3.53. The smallest absolute Gasteiger partial charge is 0.341 e. The Labute approximate surface area is 223 Å². The van der Waals surface area contributed by atoms with Crippen LogP contribution in [0.4, 0.5) is 5.00 Å². The van der Waals surface area contributed by atoms with Crippen molar-refractivity contribution in [3.05, 3.63) is 51.7 Å². The number of thiophene rings is 1. The summed E-state index contributed by atoms with van der Waals surface area (Å²) in [6.45, 7) is 11.5. The number of carbonyl (C=O) groups excluding carboxylic acids is 3. The Hall–Kier alpha value is -3.38. The average Bonchev–Trinajstić information content (AvgIpc) is 3.39. The summed E-state index contributed by atoms with van der Waals surface area (Å²) in [5.41, 5.74) is 7.10. The van der Waals surface area contributed by atoms with Crippen molar-refractivity contribution in [2.45, 2.75) is 65.5 Å². The summed E-state index contributed by atoms with van der Waals surface area (Å²) in [7, 11) is 0. The Balaban J connectivity index is 1.71. The summed E-state index contributed by atoms with van der Waals surface area (Å²) in [6, 6.07) is 7.75. The molecular weight excluding hydrogens is 514 g/mol. The van der Waals surface area contributed by atoms with E-state index in [4.69, 9.17) is 15.2 Å². The number of amides is 2. The van der Waals surface area contributed by atoms with Crippen molar-refractivity contribution >= 4 is 45.9 Å². The zero-order valence-electron chi connectivity index (χ0n) is 21.7. The van der Waals surface area contributed by atoms with Crippen LogP contribution in [0.2, 0.25) is 0 Å². The third-order valence-corrected chi connectivity index (χ3v) is 7.45. The number of esters is 1. The van der Waals surface area contributed by atoms with Crippen LogP contribution in [-0.4, -0.2) is 44.4 Å². The van der Waals surface area contributed by atoms with Gasteiger partial charge in [-0.25, -0.2) is 4.79 Å². The number of hydrogen-bond donors (Lipinski definition) is 2. The van der Waals surface area contributed by atoms with E-state index in [1.165, 1.54) is 11.8 Å². The molecule has 3 rings (SSSR count). The molecule has 37 heavy (non-hydrogen) atoms. The highest BCUT2D eigenvalue weighted by Gasteiger charge is 2.27. The highest BCUT2D eigenvalue weighted by Crippen LogP contribution is 2.34. The van der Waals surface area contributed by atoms with Gasteiger partial charge in [-0.1, -0.05) is 29.5 Å². The lowest BCUT2D eigenvalue weighted by Gasteiger charge is -2.15. The molecule has 0 aliphatic rings. The van der Waals surface area contributed by atoms with Gasteiger partial charge in [-0.2, -0.15) is 0 Å². The van der Waals surface area contributed by atoms with Crippen LogP contribution in [0.5, 0.6) is 5.75 Å². The average molecular weight is 546 g/mol. The second kappa shape index (κ2) is 12.2. The van der Waals surface area contributed by atoms with Gasteiger partial charge in [-0.3, -0.25) is 9.59 Å². The highest BCUT2D eigenvalue weighted by molar-refractivity contribution is 7.99. The molecule has 0 aliphatic heterocycles. The van der Waals surface area contributed by atoms with E-state index in [9.17, 15) is 14.4 Å². The molecule has 1 unspecified atom stereocenters. The van der Waals surface area contributed by atoms with Crippen LogP contribution in [0.15, 0.2) is 29.4 Å². The number of nitrogens with two attached hydrogens (primary N) is 1. The number of aryl methyl sites for hydroxylation is 1. The standard InChI is InChI=1S/C25H31N5O5S2/c1-7-30-22(16(6)35-17-10-8-14(4)9-11-17)28-29-25(30)36-12-18(31)27-23-19(24(33)34-13(2)3)15(5)20(37-23)21(26)32/h8-11,13,16H,7,12H2,1-6H3,(H2,26,32)(H,27,31). The number of ether oxygens (including phenoxy) is 2. The van der Waals surface area contributed by atoms with Crippen LogP contribution in [0, 0.1) is 13.8 Å². The lowest BCUT2D eigenvalue weighted by Crippen LogP contribution is -2.18. The number of thioether (sulfide) groups is 1. The molecule has 0 fully saturated rings. The number of rotatable bonds is 11. The number of nitrogens with one attached hydrogen (secondary N) is 1. The Morgan fingerprint density at radius 1 is 1.14 bits per heavy atom. The van der Waals surface area contributed by atoms with E-state index in [2.05, 4.69) is 15.5 Å². The van der Waals surface area contributed by atoms with Gasteiger partial charge in [0.25, 0.3) is 5.91 Å². The first-order valence-corrected chi connectivity index (χ1v) is 13.5. The molecule has 2 amide bonds. The van der Waals surface area contributed by atoms with E-state index >= 15 is 0 Å². The van der Waals surface area contributed by atoms with Crippen LogP contribution in [0.3, 0.4) is 0 Å². The number of carbonyl (C=O) groups is 3. The van der Waals surface area contributed by atoms with Crippen molar-refractivity contribution in [1.29, 1.82) is 0 Å². The maximum Gasteiger partial charge on any atom is 0.341 e. The molecule has 0 spiro atoms. The topological polar surface area (TPSA) is 138 Å². The molecule has 12 heteroatoms. The SMILES string of the molecule is CCn1c(SCC(=O)Nc2sc(C(N)=O)c(C)c2C(=O)OC(C)C)nnc1C(C)Oc1ccc(C)cc1. The van der Waals surface area contributed by atoms with Crippen LogP contribution >= 0.6 is 23.1 Å². The number of anilines is 1. The highest BCUT2D eigenvalue weighted by atomic mass is 32.2. The second-order valence-electron chi connectivity index (χ2n) is 8.57. The summed E-state index contributed by atoms with van der Waals surface area (Å²) in [5, 5.41) is 12.0. The number of nitrogens with zero attached hydrogens (tertiary/aromatic N) is 3. The van der Waals surface area contributed by atoms with Crippen molar-refractivity contribution in [1.82, 2.24) is 14.8 Å². The third-order valence-electron chi connectivity index (χ3n) is 5.26. The second-order valence-corrected chi connectivity index (χ2v) is 10.5. The number of benzene rings is 1. The molecule has 0 aliphatic carbocycles. The maximum absolute atomic E-state index is 12.8. The lowest BCUT2D eigenvalue weighted by atomic mass is 10.1. The third kappa shape index (κ3) is 6.89. The molecule has 2 heterocycles. The Kier molecular flexibility index (Phi) is 9.33. The van der Waals surface area contributed by atoms with Crippen LogP contribution < -0.4 is 15.8 Å². The molecule has 1 aromatic carbocycles. The zero-order chi connectivity index (χ0) is 27.3. The van der Waals surface area contributed by atoms with Gasteiger partial charge < -0.3 is 25.1 Å². The van der Waals surface area contributed by atoms with Gasteiger partial charge in [0.2, 0.25) is 5.91 Å². The lowest BCUT2D eigenvalue weighted by molar-refractivity contribution is -0.113. The minimum absolute atomic E-state index is 0.00680. The quantitative estimate of drug-likeness (QED) is 0.265. The van der Waals surface area contributed by atoms with Gasteiger partial charge in [-0.05, 0) is 59.2 Å². The minimum Gasteiger partial charge on any atom is -0.483 e. The molecule has 1 atom stereocenters. The van der Waals surface area contributed by atoms with Gasteiger partial charge >= 0.3 is 5.97 Å². The van der Waals surface area contributed by atoms with E-state index in [1.807, 2.05) is 49.6 Å². The number of hydrogen-bond acceptors (Lipinski definition) is 9. The molecule has 0 saturated carbocycles. The molecule has 10 nitrogen and oxygen atoms in total. The van der Waals surface area contributed by atoms with Crippen molar-refractivity contribution < 1.29 is 23.9 Å². The van der Waals surface area contributed by atoms with Gasteiger partial charge in [0.05, 0.1) is 22.3 Å². The molecule has 3 aromatic rings. The number of aromatic nitrogens is 3. The van der Waals surface area contributed by atoms with Gasteiger partial charge in [0.15, 0.2) is 17.1 Å². The van der Waals surface area contributed by atoms with E-state index in [1.54, 1.807) is 20.8 Å². The van der Waals surface area contributed by atoms with Crippen LogP contribution in [-0.2, 0) is 16.1 Å². The predicted molar refractivity (Wildman–Crippen MR) is 143 cm³/mol. The first kappa shape index (κ1) is 28.2. The first-order chi connectivity index (χ1) is 17.5. The monoisotopic (exact) mass is 545 g/mol. The first-order valence-electron chi connectivity index (χ1n) is 11.7. The van der Waals surface area contributed by atoms with Crippen molar-refractivity contribution in [3.8, 4) is 5.75 Å². The van der Waals surface area contributed by atoms with Crippen molar-refractivity contribution in [2.24, 2.45) is 5.73 Å². The van der Waals surface area contributed by atoms with E-state index in [0.29, 0.717) is 23.1 Å². The van der Waals surface area contributed by atoms with Gasteiger partial charge in [0.1, 0.15) is 10.8 Å². The summed E-state index contributed by atoms with van der Waals surface area (Å²) >= 11 is 2.16. The molecule has 2 aromatic heterocycles. The molecule has 3 N–H and O–H groups in total. The van der Waals surface area contributed by atoms with Crippen LogP contribution in [0.1, 0.15) is 70.8 Å². The number of primary amides is 1. The fraction of sp³-hybridized carbons (Fsp3) is 0.400. The molecular formula is C25H31N5O5S2. The van der Waals surface area contributed by atoms with Gasteiger partial charge in [-0.15, -0.1) is 21.5 Å². The van der Waals surface area contributed by atoms with E-state index < -0.39 is 11.9 Å². The molecule has 198 valence electrons. The summed E-state index contributed by atoms with van der Waals surface area (Å²) in [6.07, 6.45) is -0.718. The molecule has 0 bridgehead atoms. The molecule has 0 saturated heterocycles. The normalized spacial score (nSPS) is 11.9. The predicted octanol–water partition coefficient (Wildman–Crippen LogP) is 4.51. The van der Waals surface area contributed by atoms with Crippen LogP contribution in [0.25, 0.3) is 0 Å². The molecule has 0 radical (unpaired) electrons. The minimum atomic E-state index is -0.679. The van der Waals surface area contributed by atoms with Crippen molar-refractivity contribution in [3.63, 3.8) is 0 Å². The van der Waals surface area contributed by atoms with Crippen molar-refractivity contribution in [2.75, 3.05) is 11.1 Å². The Bertz CT molecular complexity index is 1280. The largest absolute Gasteiger partial charge is 0.483 e. The summed E-state index contributed by atoms with van der Waals surface area (Å²) < 4.78 is 13.2. The fourth-order valence-corrected chi connectivity index (χ4v) is 5.40. The summed E-state index contributed by atoms with van der Waals surface area (Å²) in [4.78, 5) is 37.5.